The smallest absolute Gasteiger partial charge is 0.323 e. The van der Waals surface area contributed by atoms with Gasteiger partial charge in [0.25, 0.3) is 0 Å². The van der Waals surface area contributed by atoms with Gasteiger partial charge in [0.2, 0.25) is 0 Å². The quantitative estimate of drug-likeness (QED) is 0.805. The molecule has 0 bridgehead atoms. The maximum Gasteiger partial charge on any atom is 0.323 e. The molecule has 0 radical (unpaired) electrons. The number of piperidine rings is 1. The van der Waals surface area contributed by atoms with E-state index in [1.807, 2.05) is 18.2 Å². The van der Waals surface area contributed by atoms with E-state index in [1.54, 1.807) is 0 Å². The molecule has 0 N–H and O–H groups in total. The maximum atomic E-state index is 11.9. The molecule has 3 rings (SSSR count). The number of hydrogen-bond donors (Lipinski definition) is 0. The Bertz CT molecular complexity index is 534. The van der Waals surface area contributed by atoms with Crippen molar-refractivity contribution in [3.63, 3.8) is 0 Å². The van der Waals surface area contributed by atoms with E-state index in [-0.39, 0.29) is 18.1 Å². The van der Waals surface area contributed by atoms with Crippen LogP contribution in [0.15, 0.2) is 18.2 Å². The summed E-state index contributed by atoms with van der Waals surface area (Å²) in [7, 11) is 1.46. The molecule has 1 saturated heterocycles. The maximum absolute atomic E-state index is 11.9. The molecule has 0 saturated carbocycles. The topological polar surface area (TPSA) is 38.8 Å². The molecule has 5 heteroatoms. The van der Waals surface area contributed by atoms with Crippen molar-refractivity contribution in [3.8, 4) is 5.75 Å². The van der Waals surface area contributed by atoms with E-state index in [1.165, 1.54) is 7.11 Å². The monoisotopic (exact) mass is 309 g/mol. The first-order valence-electron chi connectivity index (χ1n) is 7.44. The summed E-state index contributed by atoms with van der Waals surface area (Å²) in [6.07, 6.45) is 4.01. The summed E-state index contributed by atoms with van der Waals surface area (Å²) < 4.78 is 10.9. The van der Waals surface area contributed by atoms with Gasteiger partial charge in [0.1, 0.15) is 17.9 Å². The minimum atomic E-state index is -0.131. The van der Waals surface area contributed by atoms with Crippen molar-refractivity contribution >= 4 is 17.6 Å². The fourth-order valence-electron chi connectivity index (χ4n) is 3.26. The molecule has 21 heavy (non-hydrogen) atoms. The lowest BCUT2D eigenvalue weighted by Gasteiger charge is -2.34. The minimum absolute atomic E-state index is 0.0868. The Kier molecular flexibility index (Phi) is 4.36. The van der Waals surface area contributed by atoms with Crippen molar-refractivity contribution in [3.05, 3.63) is 28.8 Å². The van der Waals surface area contributed by atoms with Crippen molar-refractivity contribution in [1.29, 1.82) is 0 Å². The van der Waals surface area contributed by atoms with Crippen LogP contribution < -0.4 is 4.74 Å². The van der Waals surface area contributed by atoms with Crippen LogP contribution in [0.3, 0.4) is 0 Å². The summed E-state index contributed by atoms with van der Waals surface area (Å²) in [6, 6.07) is 5.61. The third kappa shape index (κ3) is 3.16. The molecule has 1 aromatic carbocycles. The van der Waals surface area contributed by atoms with Crippen molar-refractivity contribution in [2.45, 2.75) is 37.8 Å². The first-order valence-corrected chi connectivity index (χ1v) is 7.82. The van der Waals surface area contributed by atoms with E-state index in [9.17, 15) is 4.79 Å². The zero-order valence-corrected chi connectivity index (χ0v) is 12.9. The van der Waals surface area contributed by atoms with E-state index >= 15 is 0 Å². The molecule has 2 atom stereocenters. The van der Waals surface area contributed by atoms with Crippen LogP contribution in [0.2, 0.25) is 5.02 Å². The fourth-order valence-corrected chi connectivity index (χ4v) is 3.46. The van der Waals surface area contributed by atoms with E-state index in [0.717, 1.165) is 55.1 Å². The molecule has 0 spiro atoms. The number of carbonyl (C=O) groups is 1. The molecule has 2 aliphatic rings. The van der Waals surface area contributed by atoms with E-state index in [4.69, 9.17) is 21.1 Å². The third-order valence-corrected chi connectivity index (χ3v) is 4.52. The van der Waals surface area contributed by atoms with Crippen LogP contribution in [-0.4, -0.2) is 43.2 Å². The van der Waals surface area contributed by atoms with Crippen molar-refractivity contribution in [2.75, 3.05) is 20.2 Å². The molecule has 114 valence electrons. The molecule has 2 heterocycles. The normalized spacial score (nSPS) is 25.2. The molecular weight excluding hydrogens is 290 g/mol. The average Bonchev–Trinajstić information content (AvgIpc) is 2.88. The number of hydrogen-bond acceptors (Lipinski definition) is 4. The molecule has 1 aromatic rings. The summed E-state index contributed by atoms with van der Waals surface area (Å²) in [5, 5.41) is 0.739. The van der Waals surface area contributed by atoms with Gasteiger partial charge >= 0.3 is 5.97 Å². The number of benzene rings is 1. The SMILES string of the molecule is COC(=O)C1CCCCN1CC1Cc2cc(Cl)ccc2O1. The number of halogens is 1. The summed E-state index contributed by atoms with van der Waals surface area (Å²) in [4.78, 5) is 14.1. The van der Waals surface area contributed by atoms with Gasteiger partial charge in [-0.05, 0) is 43.1 Å². The Morgan fingerprint density at radius 1 is 1.48 bits per heavy atom. The standard InChI is InChI=1S/C16H20ClNO3/c1-20-16(19)14-4-2-3-7-18(14)10-13-9-11-8-12(17)5-6-15(11)21-13/h5-6,8,13-14H,2-4,7,9-10H2,1H3. The number of methoxy groups -OCH3 is 1. The van der Waals surface area contributed by atoms with Crippen LogP contribution >= 0.6 is 11.6 Å². The van der Waals surface area contributed by atoms with Gasteiger partial charge in [-0.15, -0.1) is 0 Å². The molecule has 1 fully saturated rings. The van der Waals surface area contributed by atoms with Crippen LogP contribution in [0.25, 0.3) is 0 Å². The Morgan fingerprint density at radius 3 is 3.14 bits per heavy atom. The van der Waals surface area contributed by atoms with Gasteiger partial charge in [-0.3, -0.25) is 9.69 Å². The second kappa shape index (κ2) is 6.24. The van der Waals surface area contributed by atoms with Crippen molar-refractivity contribution in [1.82, 2.24) is 4.90 Å². The number of fused-ring (bicyclic) bond motifs is 1. The van der Waals surface area contributed by atoms with Crippen LogP contribution in [0.5, 0.6) is 5.75 Å². The molecule has 0 aromatic heterocycles. The van der Waals surface area contributed by atoms with Crippen molar-refractivity contribution < 1.29 is 14.3 Å². The highest BCUT2D eigenvalue weighted by atomic mass is 35.5. The zero-order valence-electron chi connectivity index (χ0n) is 12.2. The van der Waals surface area contributed by atoms with Gasteiger partial charge in [0.15, 0.2) is 0 Å². The largest absolute Gasteiger partial charge is 0.488 e. The number of ether oxygens (including phenoxy) is 2. The van der Waals surface area contributed by atoms with Gasteiger partial charge in [0, 0.05) is 18.0 Å². The highest BCUT2D eigenvalue weighted by molar-refractivity contribution is 6.30. The van der Waals surface area contributed by atoms with Gasteiger partial charge in [-0.25, -0.2) is 0 Å². The lowest BCUT2D eigenvalue weighted by molar-refractivity contribution is -0.148. The van der Waals surface area contributed by atoms with Gasteiger partial charge in [-0.1, -0.05) is 18.0 Å². The lowest BCUT2D eigenvalue weighted by atomic mass is 10.0. The fraction of sp³-hybridized carbons (Fsp3) is 0.562. The predicted molar refractivity (Wildman–Crippen MR) is 80.8 cm³/mol. The summed E-state index contributed by atoms with van der Waals surface area (Å²) in [5.74, 6) is 0.782. The number of esters is 1. The van der Waals surface area contributed by atoms with Gasteiger partial charge in [0.05, 0.1) is 7.11 Å². The lowest BCUT2D eigenvalue weighted by Crippen LogP contribution is -2.49. The Morgan fingerprint density at radius 2 is 2.33 bits per heavy atom. The number of nitrogens with zero attached hydrogens (tertiary/aromatic N) is 1. The summed E-state index contributed by atoms with van der Waals surface area (Å²) in [5.41, 5.74) is 1.15. The second-order valence-electron chi connectivity index (χ2n) is 5.73. The van der Waals surface area contributed by atoms with Crippen LogP contribution in [0, 0.1) is 0 Å². The summed E-state index contributed by atoms with van der Waals surface area (Å²) in [6.45, 7) is 1.68. The minimum Gasteiger partial charge on any atom is -0.488 e. The van der Waals surface area contributed by atoms with Gasteiger partial charge in [-0.2, -0.15) is 0 Å². The zero-order chi connectivity index (χ0) is 14.8. The molecule has 0 aliphatic carbocycles. The van der Waals surface area contributed by atoms with Crippen molar-refractivity contribution in [2.24, 2.45) is 0 Å². The Hall–Kier alpha value is -1.26. The van der Waals surface area contributed by atoms with Gasteiger partial charge < -0.3 is 9.47 Å². The van der Waals surface area contributed by atoms with E-state index in [0.29, 0.717) is 0 Å². The predicted octanol–water partition coefficient (Wildman–Crippen LogP) is 2.67. The highest BCUT2D eigenvalue weighted by Crippen LogP contribution is 2.32. The molecule has 4 nitrogen and oxygen atoms in total. The highest BCUT2D eigenvalue weighted by Gasteiger charge is 2.33. The molecule has 0 amide bonds. The number of rotatable bonds is 3. The molecular formula is C16H20ClNO3. The third-order valence-electron chi connectivity index (χ3n) is 4.29. The first-order chi connectivity index (χ1) is 10.2. The van der Waals surface area contributed by atoms with E-state index < -0.39 is 0 Å². The Balaban J connectivity index is 1.65. The number of likely N-dealkylation sites (tertiary alicyclic amines) is 1. The molecule has 2 unspecified atom stereocenters. The average molecular weight is 310 g/mol. The van der Waals surface area contributed by atoms with Crippen LogP contribution in [-0.2, 0) is 16.0 Å². The van der Waals surface area contributed by atoms with E-state index in [2.05, 4.69) is 4.90 Å². The van der Waals surface area contributed by atoms with Crippen LogP contribution in [0.4, 0.5) is 0 Å². The summed E-state index contributed by atoms with van der Waals surface area (Å²) >= 11 is 6.02. The Labute approximate surface area is 130 Å². The molecule has 2 aliphatic heterocycles. The van der Waals surface area contributed by atoms with Crippen LogP contribution in [0.1, 0.15) is 24.8 Å². The number of carbonyl (C=O) groups excluding carboxylic acids is 1. The second-order valence-corrected chi connectivity index (χ2v) is 6.16. The first kappa shape index (κ1) is 14.7.